The van der Waals surface area contributed by atoms with Crippen molar-refractivity contribution in [2.24, 2.45) is 0 Å². The second-order valence-electron chi connectivity index (χ2n) is 5.89. The number of nitrogens with zero attached hydrogens (tertiary/aromatic N) is 1. The van der Waals surface area contributed by atoms with Gasteiger partial charge in [0.1, 0.15) is 11.7 Å². The second-order valence-corrected chi connectivity index (χ2v) is 5.89. The predicted molar refractivity (Wildman–Crippen MR) is 83.4 cm³/mol. The average Bonchev–Trinajstić information content (AvgIpc) is 2.54. The molecule has 1 saturated heterocycles. The average molecular weight is 307 g/mol. The van der Waals surface area contributed by atoms with Crippen molar-refractivity contribution >= 4 is 5.91 Å². The highest BCUT2D eigenvalue weighted by atomic mass is 16.5. The number of hydrogen-bond donors (Lipinski definition) is 1. The number of amides is 1. The van der Waals surface area contributed by atoms with E-state index < -0.39 is 11.7 Å². The fraction of sp³-hybridized carbons (Fsp3) is 0.588. The van der Waals surface area contributed by atoms with E-state index in [-0.39, 0.29) is 18.6 Å². The van der Waals surface area contributed by atoms with Crippen LogP contribution in [0.4, 0.5) is 0 Å². The van der Waals surface area contributed by atoms with E-state index in [0.717, 1.165) is 5.56 Å². The molecular formula is C17H25NO4. The van der Waals surface area contributed by atoms with E-state index >= 15 is 0 Å². The maximum absolute atomic E-state index is 12.9. The van der Waals surface area contributed by atoms with Crippen LogP contribution in [0.5, 0.6) is 0 Å². The number of rotatable bonds is 5. The fourth-order valence-corrected chi connectivity index (χ4v) is 2.93. The Hall–Kier alpha value is -1.43. The molecule has 1 aromatic rings. The summed E-state index contributed by atoms with van der Waals surface area (Å²) in [6, 6.07) is 9.39. The number of benzene rings is 1. The van der Waals surface area contributed by atoms with Crippen LogP contribution in [0.15, 0.2) is 30.3 Å². The SMILES string of the molecule is CCOC(C)(C)C(=O)N1CCO[C@H](CO)[C@H]1c1ccccc1. The molecule has 5 heteroatoms. The molecule has 0 saturated carbocycles. The molecule has 1 heterocycles. The zero-order chi connectivity index (χ0) is 16.2. The van der Waals surface area contributed by atoms with Crippen LogP contribution in [0.1, 0.15) is 32.4 Å². The van der Waals surface area contributed by atoms with Crippen LogP contribution >= 0.6 is 0 Å². The van der Waals surface area contributed by atoms with E-state index in [4.69, 9.17) is 9.47 Å². The number of aliphatic hydroxyl groups is 1. The summed E-state index contributed by atoms with van der Waals surface area (Å²) in [7, 11) is 0. The Morgan fingerprint density at radius 3 is 2.68 bits per heavy atom. The summed E-state index contributed by atoms with van der Waals surface area (Å²) in [5.41, 5.74) is 0.0703. The van der Waals surface area contributed by atoms with Crippen LogP contribution in [0.3, 0.4) is 0 Å². The molecule has 0 bridgehead atoms. The molecule has 2 rings (SSSR count). The van der Waals surface area contributed by atoms with Gasteiger partial charge in [0.2, 0.25) is 0 Å². The first-order chi connectivity index (χ1) is 10.5. The van der Waals surface area contributed by atoms with Crippen molar-refractivity contribution < 1.29 is 19.4 Å². The van der Waals surface area contributed by atoms with Crippen molar-refractivity contribution in [1.29, 1.82) is 0 Å². The Labute approximate surface area is 131 Å². The Morgan fingerprint density at radius 1 is 1.41 bits per heavy atom. The molecule has 0 unspecified atom stereocenters. The van der Waals surface area contributed by atoms with Gasteiger partial charge >= 0.3 is 0 Å². The van der Waals surface area contributed by atoms with Crippen molar-refractivity contribution in [1.82, 2.24) is 4.90 Å². The highest BCUT2D eigenvalue weighted by Gasteiger charge is 2.41. The summed E-state index contributed by atoms with van der Waals surface area (Å²) >= 11 is 0. The number of carbonyl (C=O) groups excluding carboxylic acids is 1. The molecule has 122 valence electrons. The van der Waals surface area contributed by atoms with Crippen LogP contribution < -0.4 is 0 Å². The van der Waals surface area contributed by atoms with Gasteiger partial charge in [-0.25, -0.2) is 0 Å². The number of aliphatic hydroxyl groups excluding tert-OH is 1. The van der Waals surface area contributed by atoms with E-state index in [1.165, 1.54) is 0 Å². The van der Waals surface area contributed by atoms with E-state index in [1.807, 2.05) is 37.3 Å². The predicted octanol–water partition coefficient (Wildman–Crippen LogP) is 1.76. The van der Waals surface area contributed by atoms with Gasteiger partial charge in [0.15, 0.2) is 0 Å². The summed E-state index contributed by atoms with van der Waals surface area (Å²) in [6.45, 7) is 6.70. The quantitative estimate of drug-likeness (QED) is 0.900. The van der Waals surface area contributed by atoms with Gasteiger partial charge < -0.3 is 19.5 Å². The van der Waals surface area contributed by atoms with E-state index in [0.29, 0.717) is 19.8 Å². The first-order valence-corrected chi connectivity index (χ1v) is 7.73. The first-order valence-electron chi connectivity index (χ1n) is 7.73. The smallest absolute Gasteiger partial charge is 0.254 e. The number of morpholine rings is 1. The fourth-order valence-electron chi connectivity index (χ4n) is 2.93. The molecule has 2 atom stereocenters. The van der Waals surface area contributed by atoms with E-state index in [9.17, 15) is 9.90 Å². The molecule has 5 nitrogen and oxygen atoms in total. The largest absolute Gasteiger partial charge is 0.394 e. The third kappa shape index (κ3) is 3.48. The van der Waals surface area contributed by atoms with E-state index in [2.05, 4.69) is 0 Å². The zero-order valence-corrected chi connectivity index (χ0v) is 13.5. The molecule has 0 aromatic heterocycles. The maximum Gasteiger partial charge on any atom is 0.254 e. The van der Waals surface area contributed by atoms with Gasteiger partial charge in [-0.3, -0.25) is 4.79 Å². The second kappa shape index (κ2) is 7.22. The third-order valence-corrected chi connectivity index (χ3v) is 3.95. The van der Waals surface area contributed by atoms with Gasteiger partial charge in [0.05, 0.1) is 19.3 Å². The summed E-state index contributed by atoms with van der Waals surface area (Å²) in [5, 5.41) is 9.63. The van der Waals surface area contributed by atoms with E-state index in [1.54, 1.807) is 18.7 Å². The Balaban J connectivity index is 2.32. The first kappa shape index (κ1) is 16.9. The molecule has 1 aliphatic rings. The minimum atomic E-state index is -0.890. The molecule has 1 N–H and O–H groups in total. The number of ether oxygens (including phenoxy) is 2. The van der Waals surface area contributed by atoms with Crippen molar-refractivity contribution in [2.75, 3.05) is 26.4 Å². The van der Waals surface area contributed by atoms with Gasteiger partial charge in [-0.2, -0.15) is 0 Å². The highest BCUT2D eigenvalue weighted by Crippen LogP contribution is 2.32. The van der Waals surface area contributed by atoms with Crippen LogP contribution in [-0.4, -0.2) is 54.0 Å². The molecule has 1 aliphatic heterocycles. The molecule has 22 heavy (non-hydrogen) atoms. The molecule has 1 amide bonds. The van der Waals surface area contributed by atoms with Crippen molar-refractivity contribution in [3.05, 3.63) is 35.9 Å². The molecule has 0 spiro atoms. The zero-order valence-electron chi connectivity index (χ0n) is 13.5. The van der Waals surface area contributed by atoms with Gasteiger partial charge in [-0.1, -0.05) is 30.3 Å². The summed E-state index contributed by atoms with van der Waals surface area (Å²) < 4.78 is 11.3. The Morgan fingerprint density at radius 2 is 2.09 bits per heavy atom. The minimum absolute atomic E-state index is 0.0787. The van der Waals surface area contributed by atoms with Gasteiger partial charge in [-0.05, 0) is 26.3 Å². The topological polar surface area (TPSA) is 59.0 Å². The van der Waals surface area contributed by atoms with Gasteiger partial charge in [0.25, 0.3) is 5.91 Å². The molecule has 0 aliphatic carbocycles. The normalized spacial score (nSPS) is 22.6. The molecular weight excluding hydrogens is 282 g/mol. The summed E-state index contributed by atoms with van der Waals surface area (Å²) in [6.07, 6.45) is -0.419. The lowest BCUT2D eigenvalue weighted by atomic mass is 9.96. The maximum atomic E-state index is 12.9. The van der Waals surface area contributed by atoms with Gasteiger partial charge in [-0.15, -0.1) is 0 Å². The standard InChI is InChI=1S/C17H25NO4/c1-4-22-17(2,3)16(20)18-10-11-21-14(12-19)15(18)13-8-6-5-7-9-13/h5-9,14-15,19H,4,10-12H2,1-3H3/t14-,15-/m1/s1. The number of hydrogen-bond acceptors (Lipinski definition) is 4. The minimum Gasteiger partial charge on any atom is -0.394 e. The lowest BCUT2D eigenvalue weighted by molar-refractivity contribution is -0.170. The Kier molecular flexibility index (Phi) is 5.56. The van der Waals surface area contributed by atoms with Crippen molar-refractivity contribution in [3.8, 4) is 0 Å². The van der Waals surface area contributed by atoms with Crippen LogP contribution in [0, 0.1) is 0 Å². The molecule has 0 radical (unpaired) electrons. The Bertz CT molecular complexity index is 489. The third-order valence-electron chi connectivity index (χ3n) is 3.95. The van der Waals surface area contributed by atoms with Crippen LogP contribution in [0.2, 0.25) is 0 Å². The van der Waals surface area contributed by atoms with Crippen molar-refractivity contribution in [3.63, 3.8) is 0 Å². The monoisotopic (exact) mass is 307 g/mol. The van der Waals surface area contributed by atoms with Crippen molar-refractivity contribution in [2.45, 2.75) is 38.5 Å². The summed E-state index contributed by atoms with van der Waals surface area (Å²) in [5.74, 6) is -0.0787. The number of carbonyl (C=O) groups is 1. The highest BCUT2D eigenvalue weighted by molar-refractivity contribution is 5.85. The van der Waals surface area contributed by atoms with Crippen LogP contribution in [-0.2, 0) is 14.3 Å². The lowest BCUT2D eigenvalue weighted by Crippen LogP contribution is -2.55. The van der Waals surface area contributed by atoms with Gasteiger partial charge in [0, 0.05) is 13.2 Å². The molecule has 1 fully saturated rings. The lowest BCUT2D eigenvalue weighted by Gasteiger charge is -2.43. The summed E-state index contributed by atoms with van der Waals surface area (Å²) in [4.78, 5) is 14.7. The molecule has 1 aromatic carbocycles. The van der Waals surface area contributed by atoms with Crippen LogP contribution in [0.25, 0.3) is 0 Å².